The van der Waals surface area contributed by atoms with Crippen LogP contribution in [0.1, 0.15) is 53.9 Å². The first-order valence-electron chi connectivity index (χ1n) is 7.85. The number of likely N-dealkylation sites (tertiary alicyclic amines) is 1. The first-order valence-corrected chi connectivity index (χ1v) is 7.85. The lowest BCUT2D eigenvalue weighted by Crippen LogP contribution is -2.46. The molecule has 20 heavy (non-hydrogen) atoms. The lowest BCUT2D eigenvalue weighted by atomic mass is 10.0. The largest absolute Gasteiger partial charge is 0.357 e. The molecule has 4 nitrogen and oxygen atoms in total. The molecule has 120 valence electrons. The van der Waals surface area contributed by atoms with E-state index in [4.69, 9.17) is 4.99 Å². The number of aliphatic imine (C=N–C) groups is 1. The highest BCUT2D eigenvalue weighted by molar-refractivity contribution is 14.0. The molecule has 1 aliphatic rings. The Hall–Kier alpha value is -0.0400. The van der Waals surface area contributed by atoms with Gasteiger partial charge in [0.25, 0.3) is 0 Å². The zero-order valence-corrected chi connectivity index (χ0v) is 16.1. The van der Waals surface area contributed by atoms with Crippen molar-refractivity contribution in [3.63, 3.8) is 0 Å². The highest BCUT2D eigenvalue weighted by Crippen LogP contribution is 2.18. The van der Waals surface area contributed by atoms with Crippen molar-refractivity contribution >= 4 is 29.9 Å². The number of guanidine groups is 1. The third-order valence-electron chi connectivity index (χ3n) is 3.70. The zero-order valence-electron chi connectivity index (χ0n) is 13.8. The molecule has 5 heteroatoms. The van der Waals surface area contributed by atoms with Crippen LogP contribution in [0.4, 0.5) is 0 Å². The van der Waals surface area contributed by atoms with Crippen LogP contribution < -0.4 is 10.6 Å². The summed E-state index contributed by atoms with van der Waals surface area (Å²) in [6.45, 7) is 14.0. The Labute approximate surface area is 142 Å². The van der Waals surface area contributed by atoms with Crippen molar-refractivity contribution in [1.29, 1.82) is 0 Å². The standard InChI is InChI=1S/C15H32N4.HI/c1-6-16-15(18-12(2)3)17-11-14(5)19-10-8-7-9-13(19)4;/h12-14H,6-11H2,1-5H3,(H2,16,17,18);1H. The Bertz CT molecular complexity index is 281. The molecule has 2 atom stereocenters. The predicted molar refractivity (Wildman–Crippen MR) is 99.1 cm³/mol. The van der Waals surface area contributed by atoms with Gasteiger partial charge in [0.1, 0.15) is 0 Å². The Kier molecular flexibility index (Phi) is 10.6. The first kappa shape index (κ1) is 20.0. The van der Waals surface area contributed by atoms with E-state index in [9.17, 15) is 0 Å². The van der Waals surface area contributed by atoms with E-state index in [1.54, 1.807) is 0 Å². The van der Waals surface area contributed by atoms with E-state index in [0.717, 1.165) is 19.0 Å². The van der Waals surface area contributed by atoms with Crippen molar-refractivity contribution in [2.45, 2.75) is 72.0 Å². The number of rotatable bonds is 5. The Morgan fingerprint density at radius 2 is 2.00 bits per heavy atom. The molecule has 0 radical (unpaired) electrons. The van der Waals surface area contributed by atoms with Crippen LogP contribution in [0, 0.1) is 0 Å². The summed E-state index contributed by atoms with van der Waals surface area (Å²) in [4.78, 5) is 7.32. The Balaban J connectivity index is 0.00000361. The highest BCUT2D eigenvalue weighted by Gasteiger charge is 2.22. The fourth-order valence-corrected chi connectivity index (χ4v) is 2.70. The minimum absolute atomic E-state index is 0. The van der Waals surface area contributed by atoms with Crippen molar-refractivity contribution in [3.05, 3.63) is 0 Å². The molecule has 2 N–H and O–H groups in total. The summed E-state index contributed by atoms with van der Waals surface area (Å²) in [5.41, 5.74) is 0. The number of piperidine rings is 1. The third-order valence-corrected chi connectivity index (χ3v) is 3.70. The maximum atomic E-state index is 4.72. The normalized spacial score (nSPS) is 22.3. The van der Waals surface area contributed by atoms with Gasteiger partial charge in [-0.15, -0.1) is 24.0 Å². The van der Waals surface area contributed by atoms with Gasteiger partial charge in [-0.05, 0) is 54.0 Å². The molecule has 2 unspecified atom stereocenters. The number of halogens is 1. The quantitative estimate of drug-likeness (QED) is 0.427. The van der Waals surface area contributed by atoms with Crippen molar-refractivity contribution in [1.82, 2.24) is 15.5 Å². The molecule has 1 rings (SSSR count). The van der Waals surface area contributed by atoms with E-state index >= 15 is 0 Å². The molecule has 1 heterocycles. The van der Waals surface area contributed by atoms with E-state index < -0.39 is 0 Å². The molecule has 0 bridgehead atoms. The summed E-state index contributed by atoms with van der Waals surface area (Å²) in [5, 5.41) is 6.67. The molecule has 0 amide bonds. The predicted octanol–water partition coefficient (Wildman–Crippen LogP) is 2.83. The topological polar surface area (TPSA) is 39.7 Å². The maximum absolute atomic E-state index is 4.72. The second kappa shape index (κ2) is 10.7. The van der Waals surface area contributed by atoms with Gasteiger partial charge in [-0.25, -0.2) is 0 Å². The van der Waals surface area contributed by atoms with E-state index in [2.05, 4.69) is 50.2 Å². The second-order valence-electron chi connectivity index (χ2n) is 5.95. The van der Waals surface area contributed by atoms with Gasteiger partial charge in [0.2, 0.25) is 0 Å². The van der Waals surface area contributed by atoms with E-state index in [1.165, 1.54) is 25.8 Å². The lowest BCUT2D eigenvalue weighted by Gasteiger charge is -2.37. The SMILES string of the molecule is CCNC(=NCC(C)N1CCCCC1C)NC(C)C.I. The molecular weight excluding hydrogens is 363 g/mol. The van der Waals surface area contributed by atoms with Gasteiger partial charge in [0.15, 0.2) is 5.96 Å². The van der Waals surface area contributed by atoms with Crippen LogP contribution in [0.25, 0.3) is 0 Å². The number of nitrogens with one attached hydrogen (secondary N) is 2. The van der Waals surface area contributed by atoms with Crippen molar-refractivity contribution in [2.24, 2.45) is 4.99 Å². The third kappa shape index (κ3) is 7.11. The van der Waals surface area contributed by atoms with Crippen molar-refractivity contribution < 1.29 is 0 Å². The molecule has 0 aromatic heterocycles. The molecule has 1 fully saturated rings. The van der Waals surface area contributed by atoms with Gasteiger partial charge in [-0.2, -0.15) is 0 Å². The molecule has 0 aliphatic carbocycles. The number of nitrogens with zero attached hydrogens (tertiary/aromatic N) is 2. The summed E-state index contributed by atoms with van der Waals surface area (Å²) >= 11 is 0. The molecule has 1 aliphatic heterocycles. The first-order chi connectivity index (χ1) is 9.04. The van der Waals surface area contributed by atoms with E-state index in [1.807, 2.05) is 0 Å². The van der Waals surface area contributed by atoms with E-state index in [-0.39, 0.29) is 24.0 Å². The molecule has 0 saturated carbocycles. The van der Waals surface area contributed by atoms with Gasteiger partial charge in [-0.1, -0.05) is 6.42 Å². The van der Waals surface area contributed by atoms with Gasteiger partial charge >= 0.3 is 0 Å². The summed E-state index contributed by atoms with van der Waals surface area (Å²) in [7, 11) is 0. The van der Waals surface area contributed by atoms with Crippen LogP contribution >= 0.6 is 24.0 Å². The lowest BCUT2D eigenvalue weighted by molar-refractivity contribution is 0.118. The summed E-state index contributed by atoms with van der Waals surface area (Å²) < 4.78 is 0. The zero-order chi connectivity index (χ0) is 14.3. The van der Waals surface area contributed by atoms with Crippen molar-refractivity contribution in [2.75, 3.05) is 19.6 Å². The maximum Gasteiger partial charge on any atom is 0.191 e. The van der Waals surface area contributed by atoms with Crippen LogP contribution in [0.3, 0.4) is 0 Å². The van der Waals surface area contributed by atoms with Gasteiger partial charge in [-0.3, -0.25) is 9.89 Å². The smallest absolute Gasteiger partial charge is 0.191 e. The van der Waals surface area contributed by atoms with Crippen LogP contribution in [0.15, 0.2) is 4.99 Å². The molecule has 0 spiro atoms. The van der Waals surface area contributed by atoms with E-state index in [0.29, 0.717) is 18.1 Å². The van der Waals surface area contributed by atoms with Crippen molar-refractivity contribution in [3.8, 4) is 0 Å². The number of hydrogen-bond acceptors (Lipinski definition) is 2. The number of hydrogen-bond donors (Lipinski definition) is 2. The summed E-state index contributed by atoms with van der Waals surface area (Å²) in [6.07, 6.45) is 4.05. The van der Waals surface area contributed by atoms with Gasteiger partial charge < -0.3 is 10.6 Å². The van der Waals surface area contributed by atoms with Gasteiger partial charge in [0.05, 0.1) is 6.54 Å². The average Bonchev–Trinajstić information content (AvgIpc) is 2.36. The average molecular weight is 396 g/mol. The molecule has 0 aromatic rings. The highest BCUT2D eigenvalue weighted by atomic mass is 127. The summed E-state index contributed by atoms with van der Waals surface area (Å²) in [5.74, 6) is 0.939. The minimum Gasteiger partial charge on any atom is -0.357 e. The fourth-order valence-electron chi connectivity index (χ4n) is 2.70. The fraction of sp³-hybridized carbons (Fsp3) is 0.933. The van der Waals surface area contributed by atoms with Crippen LogP contribution in [0.5, 0.6) is 0 Å². The summed E-state index contributed by atoms with van der Waals surface area (Å²) in [6, 6.07) is 1.65. The van der Waals surface area contributed by atoms with Crippen LogP contribution in [0.2, 0.25) is 0 Å². The molecular formula is C15H33IN4. The van der Waals surface area contributed by atoms with Crippen LogP contribution in [-0.2, 0) is 0 Å². The van der Waals surface area contributed by atoms with Gasteiger partial charge in [0, 0.05) is 24.7 Å². The second-order valence-corrected chi connectivity index (χ2v) is 5.95. The Morgan fingerprint density at radius 3 is 2.55 bits per heavy atom. The van der Waals surface area contributed by atoms with Crippen LogP contribution in [-0.4, -0.2) is 48.6 Å². The molecule has 1 saturated heterocycles. The Morgan fingerprint density at radius 1 is 1.30 bits per heavy atom. The monoisotopic (exact) mass is 396 g/mol. The minimum atomic E-state index is 0. The molecule has 0 aromatic carbocycles.